The van der Waals surface area contributed by atoms with Crippen molar-refractivity contribution in [2.75, 3.05) is 39.4 Å². The predicted octanol–water partition coefficient (Wildman–Crippen LogP) is -0.308. The maximum absolute atomic E-state index is 12.4. The van der Waals surface area contributed by atoms with Gasteiger partial charge in [0.15, 0.2) is 5.84 Å². The maximum Gasteiger partial charge on any atom is 0.225 e. The fourth-order valence-corrected chi connectivity index (χ4v) is 2.80. The van der Waals surface area contributed by atoms with Crippen LogP contribution in [0.3, 0.4) is 0 Å². The van der Waals surface area contributed by atoms with Gasteiger partial charge in [0.25, 0.3) is 0 Å². The van der Waals surface area contributed by atoms with Gasteiger partial charge in [-0.05, 0) is 19.8 Å². The van der Waals surface area contributed by atoms with Gasteiger partial charge in [0, 0.05) is 45.3 Å². The molecular weight excluding hydrogens is 260 g/mol. The van der Waals surface area contributed by atoms with Crippen molar-refractivity contribution in [3.05, 3.63) is 0 Å². The number of rotatable bonds is 3. The van der Waals surface area contributed by atoms with Crippen LogP contribution in [0.15, 0.2) is 5.16 Å². The largest absolute Gasteiger partial charge is 0.409 e. The zero-order valence-corrected chi connectivity index (χ0v) is 12.0. The van der Waals surface area contributed by atoms with Crippen molar-refractivity contribution in [2.24, 2.45) is 16.8 Å². The van der Waals surface area contributed by atoms with Crippen LogP contribution < -0.4 is 5.73 Å². The molecule has 114 valence electrons. The average Bonchev–Trinajstić information content (AvgIpc) is 2.53. The van der Waals surface area contributed by atoms with E-state index in [0.29, 0.717) is 26.3 Å². The topological polar surface area (TPSA) is 91.4 Å². The van der Waals surface area contributed by atoms with Crippen molar-refractivity contribution in [1.29, 1.82) is 0 Å². The summed E-state index contributed by atoms with van der Waals surface area (Å²) in [5, 5.41) is 11.8. The Morgan fingerprint density at radius 3 is 2.45 bits per heavy atom. The number of ether oxygens (including phenoxy) is 1. The Balaban J connectivity index is 1.83. The quantitative estimate of drug-likeness (QED) is 0.321. The maximum atomic E-state index is 12.4. The Bertz CT molecular complexity index is 361. The van der Waals surface area contributed by atoms with Crippen LogP contribution in [0.1, 0.15) is 19.8 Å². The summed E-state index contributed by atoms with van der Waals surface area (Å²) < 4.78 is 5.29. The number of nitrogens with zero attached hydrogens (tertiary/aromatic N) is 3. The van der Waals surface area contributed by atoms with Gasteiger partial charge in [0.05, 0.1) is 6.04 Å². The summed E-state index contributed by atoms with van der Waals surface area (Å²) in [5.74, 6) is 0.593. The third-order valence-corrected chi connectivity index (χ3v) is 4.29. The van der Waals surface area contributed by atoms with E-state index in [1.54, 1.807) is 0 Å². The molecule has 0 aromatic heterocycles. The van der Waals surface area contributed by atoms with Crippen LogP contribution in [0.4, 0.5) is 0 Å². The Labute approximate surface area is 119 Å². The molecule has 1 unspecified atom stereocenters. The van der Waals surface area contributed by atoms with Crippen molar-refractivity contribution in [3.63, 3.8) is 0 Å². The van der Waals surface area contributed by atoms with Gasteiger partial charge in [0.2, 0.25) is 5.91 Å². The number of amides is 1. The molecule has 20 heavy (non-hydrogen) atoms. The summed E-state index contributed by atoms with van der Waals surface area (Å²) in [6.45, 7) is 6.22. The molecule has 0 spiro atoms. The smallest absolute Gasteiger partial charge is 0.225 e. The van der Waals surface area contributed by atoms with Crippen LogP contribution in [-0.2, 0) is 9.53 Å². The van der Waals surface area contributed by atoms with E-state index in [1.165, 1.54) is 0 Å². The number of carbonyl (C=O) groups is 1. The first kappa shape index (κ1) is 15.1. The highest BCUT2D eigenvalue weighted by Crippen LogP contribution is 2.19. The zero-order chi connectivity index (χ0) is 14.5. The molecule has 0 aliphatic carbocycles. The predicted molar refractivity (Wildman–Crippen MR) is 74.6 cm³/mol. The van der Waals surface area contributed by atoms with Gasteiger partial charge < -0.3 is 20.6 Å². The number of piperazine rings is 1. The fraction of sp³-hybridized carbons (Fsp3) is 0.846. The highest BCUT2D eigenvalue weighted by atomic mass is 16.5. The number of hydrogen-bond acceptors (Lipinski definition) is 5. The number of oxime groups is 1. The van der Waals surface area contributed by atoms with Gasteiger partial charge in [-0.1, -0.05) is 5.16 Å². The Hall–Kier alpha value is -1.34. The van der Waals surface area contributed by atoms with Crippen molar-refractivity contribution in [1.82, 2.24) is 9.80 Å². The summed E-state index contributed by atoms with van der Waals surface area (Å²) in [6, 6.07) is -0.0969. The van der Waals surface area contributed by atoms with Gasteiger partial charge in [-0.2, -0.15) is 0 Å². The summed E-state index contributed by atoms with van der Waals surface area (Å²) >= 11 is 0. The zero-order valence-electron chi connectivity index (χ0n) is 12.0. The number of hydrogen-bond donors (Lipinski definition) is 2. The van der Waals surface area contributed by atoms with Crippen LogP contribution in [0, 0.1) is 5.92 Å². The first-order valence-corrected chi connectivity index (χ1v) is 7.21. The van der Waals surface area contributed by atoms with E-state index >= 15 is 0 Å². The van der Waals surface area contributed by atoms with E-state index < -0.39 is 0 Å². The van der Waals surface area contributed by atoms with E-state index in [1.807, 2.05) is 11.8 Å². The van der Waals surface area contributed by atoms with Crippen molar-refractivity contribution < 1.29 is 14.7 Å². The van der Waals surface area contributed by atoms with E-state index in [-0.39, 0.29) is 23.7 Å². The lowest BCUT2D eigenvalue weighted by Gasteiger charge is -2.39. The molecular formula is C13H24N4O3. The number of amidine groups is 1. The normalized spacial score (nSPS) is 24.6. The molecule has 0 radical (unpaired) electrons. The minimum Gasteiger partial charge on any atom is -0.409 e. The third-order valence-electron chi connectivity index (χ3n) is 4.29. The van der Waals surface area contributed by atoms with Gasteiger partial charge in [-0.25, -0.2) is 0 Å². The molecule has 0 saturated carbocycles. The summed E-state index contributed by atoms with van der Waals surface area (Å²) in [5.41, 5.74) is 5.62. The van der Waals surface area contributed by atoms with E-state index in [9.17, 15) is 4.79 Å². The SMILES string of the molecule is CC(C(N)=NO)N1CCN(C(=O)C2CCOCC2)CC1. The van der Waals surface area contributed by atoms with E-state index in [2.05, 4.69) is 10.1 Å². The molecule has 2 aliphatic rings. The lowest BCUT2D eigenvalue weighted by molar-refractivity contribution is -0.140. The van der Waals surface area contributed by atoms with Crippen LogP contribution in [0.5, 0.6) is 0 Å². The van der Waals surface area contributed by atoms with Crippen LogP contribution in [-0.4, -0.2) is 72.2 Å². The van der Waals surface area contributed by atoms with Crippen LogP contribution >= 0.6 is 0 Å². The Morgan fingerprint density at radius 2 is 1.90 bits per heavy atom. The third kappa shape index (κ3) is 3.40. The highest BCUT2D eigenvalue weighted by molar-refractivity contribution is 5.84. The minimum absolute atomic E-state index is 0.0969. The monoisotopic (exact) mass is 284 g/mol. The fourth-order valence-electron chi connectivity index (χ4n) is 2.80. The second-order valence-electron chi connectivity index (χ2n) is 5.45. The van der Waals surface area contributed by atoms with Crippen molar-refractivity contribution in [3.8, 4) is 0 Å². The Morgan fingerprint density at radius 1 is 1.30 bits per heavy atom. The van der Waals surface area contributed by atoms with Gasteiger partial charge in [-0.3, -0.25) is 9.69 Å². The standard InChI is InChI=1S/C13H24N4O3/c1-10(12(14)15-19)16-4-6-17(7-5-16)13(18)11-2-8-20-9-3-11/h10-11,19H,2-9H2,1H3,(H2,14,15). The second-order valence-corrected chi connectivity index (χ2v) is 5.45. The van der Waals surface area contributed by atoms with E-state index in [0.717, 1.165) is 25.9 Å². The lowest BCUT2D eigenvalue weighted by Crippen LogP contribution is -2.55. The summed E-state index contributed by atoms with van der Waals surface area (Å²) in [7, 11) is 0. The molecule has 7 heteroatoms. The highest BCUT2D eigenvalue weighted by Gasteiger charge is 2.30. The van der Waals surface area contributed by atoms with Crippen LogP contribution in [0.2, 0.25) is 0 Å². The van der Waals surface area contributed by atoms with Crippen molar-refractivity contribution in [2.45, 2.75) is 25.8 Å². The first-order chi connectivity index (χ1) is 9.63. The molecule has 2 heterocycles. The molecule has 2 rings (SSSR count). The molecule has 0 bridgehead atoms. The Kier molecular flexibility index (Phi) is 5.19. The first-order valence-electron chi connectivity index (χ1n) is 7.21. The molecule has 2 saturated heterocycles. The minimum atomic E-state index is -0.0969. The average molecular weight is 284 g/mol. The van der Waals surface area contributed by atoms with Gasteiger partial charge in [-0.15, -0.1) is 0 Å². The number of nitrogens with two attached hydrogens (primary N) is 1. The summed E-state index contributed by atoms with van der Waals surface area (Å²) in [6.07, 6.45) is 1.67. The molecule has 7 nitrogen and oxygen atoms in total. The second kappa shape index (κ2) is 6.90. The molecule has 2 fully saturated rings. The lowest BCUT2D eigenvalue weighted by atomic mass is 9.98. The summed E-state index contributed by atoms with van der Waals surface area (Å²) in [4.78, 5) is 16.4. The molecule has 1 amide bonds. The van der Waals surface area contributed by atoms with Gasteiger partial charge >= 0.3 is 0 Å². The van der Waals surface area contributed by atoms with Crippen molar-refractivity contribution >= 4 is 11.7 Å². The molecule has 0 aromatic rings. The molecule has 0 aromatic carbocycles. The van der Waals surface area contributed by atoms with Crippen LogP contribution in [0.25, 0.3) is 0 Å². The number of carbonyl (C=O) groups excluding carboxylic acids is 1. The molecule has 3 N–H and O–H groups in total. The van der Waals surface area contributed by atoms with E-state index in [4.69, 9.17) is 15.7 Å². The molecule has 1 atom stereocenters. The molecule has 2 aliphatic heterocycles. The van der Waals surface area contributed by atoms with Gasteiger partial charge in [0.1, 0.15) is 0 Å².